The third-order valence-electron chi connectivity index (χ3n) is 5.63. The summed E-state index contributed by atoms with van der Waals surface area (Å²) in [6.45, 7) is 3.49. The number of amides is 1. The lowest BCUT2D eigenvalue weighted by Crippen LogP contribution is -2.50. The van der Waals surface area contributed by atoms with E-state index in [-0.39, 0.29) is 5.92 Å². The van der Waals surface area contributed by atoms with Crippen molar-refractivity contribution in [3.05, 3.63) is 36.4 Å². The maximum atomic E-state index is 12.8. The van der Waals surface area contributed by atoms with E-state index in [9.17, 15) is 4.79 Å². The molecule has 3 atom stereocenters. The minimum Gasteiger partial charge on any atom is -0.497 e. The number of carbonyl (C=O) groups is 1. The van der Waals surface area contributed by atoms with Crippen molar-refractivity contribution in [1.82, 2.24) is 4.90 Å². The van der Waals surface area contributed by atoms with Gasteiger partial charge in [0.05, 0.1) is 7.11 Å². The number of fused-ring (bicyclic) bond motifs is 2. The van der Waals surface area contributed by atoms with Crippen molar-refractivity contribution < 1.29 is 9.53 Å². The molecule has 0 N–H and O–H groups in total. The number of hydrogen-bond donors (Lipinski definition) is 0. The second-order valence-electron chi connectivity index (χ2n) is 6.90. The fraction of sp³-hybridized carbons (Fsp3) is 0.526. The Morgan fingerprint density at radius 2 is 1.78 bits per heavy atom. The van der Waals surface area contributed by atoms with Crippen molar-refractivity contribution in [3.8, 4) is 5.75 Å². The highest BCUT2D eigenvalue weighted by Gasteiger charge is 2.41. The lowest BCUT2D eigenvalue weighted by atomic mass is 9.92. The Hall–Kier alpha value is -1.97. The summed E-state index contributed by atoms with van der Waals surface area (Å²) in [5.74, 6) is 2.68. The summed E-state index contributed by atoms with van der Waals surface area (Å²) in [6.07, 6.45) is 6.83. The summed E-state index contributed by atoms with van der Waals surface area (Å²) in [7, 11) is 1.68. The molecule has 0 unspecified atom stereocenters. The van der Waals surface area contributed by atoms with Gasteiger partial charge in [-0.1, -0.05) is 12.2 Å². The number of allylic oxidation sites excluding steroid dienone is 2. The number of ether oxygens (including phenoxy) is 1. The second kappa shape index (κ2) is 5.91. The first kappa shape index (κ1) is 14.6. The van der Waals surface area contributed by atoms with E-state index >= 15 is 0 Å². The van der Waals surface area contributed by atoms with Crippen molar-refractivity contribution in [2.24, 2.45) is 17.8 Å². The van der Waals surface area contributed by atoms with E-state index in [2.05, 4.69) is 34.1 Å². The summed E-state index contributed by atoms with van der Waals surface area (Å²) in [5, 5.41) is 0. The van der Waals surface area contributed by atoms with Gasteiger partial charge >= 0.3 is 0 Å². The lowest BCUT2D eigenvalue weighted by molar-refractivity contribution is -0.136. The lowest BCUT2D eigenvalue weighted by Gasteiger charge is -2.38. The normalized spacial score (nSPS) is 29.2. The van der Waals surface area contributed by atoms with Crippen LogP contribution >= 0.6 is 0 Å². The SMILES string of the molecule is COc1ccc(N2CCN(C(=O)[C@@H]3C[C@@H]4C=C[C@H]3C4)CC2)cc1. The number of nitrogens with zero attached hydrogens (tertiary/aromatic N) is 2. The molecule has 23 heavy (non-hydrogen) atoms. The third kappa shape index (κ3) is 2.71. The maximum Gasteiger partial charge on any atom is 0.226 e. The zero-order valence-electron chi connectivity index (χ0n) is 13.6. The molecule has 2 aliphatic carbocycles. The van der Waals surface area contributed by atoms with Gasteiger partial charge in [-0.15, -0.1) is 0 Å². The molecule has 1 aliphatic heterocycles. The van der Waals surface area contributed by atoms with Crippen molar-refractivity contribution in [2.75, 3.05) is 38.2 Å². The van der Waals surface area contributed by atoms with E-state index in [4.69, 9.17) is 4.74 Å². The monoisotopic (exact) mass is 312 g/mol. The van der Waals surface area contributed by atoms with Gasteiger partial charge in [-0.05, 0) is 48.9 Å². The van der Waals surface area contributed by atoms with Crippen LogP contribution in [0.1, 0.15) is 12.8 Å². The maximum absolute atomic E-state index is 12.8. The van der Waals surface area contributed by atoms with E-state index in [1.807, 2.05) is 12.1 Å². The molecule has 122 valence electrons. The summed E-state index contributed by atoms with van der Waals surface area (Å²) < 4.78 is 5.21. The first-order valence-corrected chi connectivity index (χ1v) is 8.60. The molecular weight excluding hydrogens is 288 g/mol. The zero-order valence-corrected chi connectivity index (χ0v) is 13.6. The van der Waals surface area contributed by atoms with Crippen LogP contribution in [0.5, 0.6) is 5.75 Å². The number of piperazine rings is 1. The van der Waals surface area contributed by atoms with Crippen LogP contribution in [-0.2, 0) is 4.79 Å². The smallest absolute Gasteiger partial charge is 0.226 e. The van der Waals surface area contributed by atoms with Crippen LogP contribution < -0.4 is 9.64 Å². The van der Waals surface area contributed by atoms with Crippen molar-refractivity contribution in [3.63, 3.8) is 0 Å². The largest absolute Gasteiger partial charge is 0.497 e. The Balaban J connectivity index is 1.35. The highest BCUT2D eigenvalue weighted by molar-refractivity contribution is 5.80. The van der Waals surface area contributed by atoms with Crippen molar-refractivity contribution >= 4 is 11.6 Å². The van der Waals surface area contributed by atoms with E-state index in [0.717, 1.165) is 38.3 Å². The molecule has 3 aliphatic rings. The number of rotatable bonds is 3. The van der Waals surface area contributed by atoms with E-state index in [1.165, 1.54) is 12.1 Å². The highest BCUT2D eigenvalue weighted by Crippen LogP contribution is 2.44. The van der Waals surface area contributed by atoms with E-state index < -0.39 is 0 Å². The molecule has 1 aromatic rings. The Kier molecular flexibility index (Phi) is 3.76. The predicted octanol–water partition coefficient (Wildman–Crippen LogP) is 2.56. The topological polar surface area (TPSA) is 32.8 Å². The van der Waals surface area contributed by atoms with Crippen molar-refractivity contribution in [1.29, 1.82) is 0 Å². The molecule has 1 saturated heterocycles. The van der Waals surface area contributed by atoms with Gasteiger partial charge in [0.2, 0.25) is 5.91 Å². The second-order valence-corrected chi connectivity index (χ2v) is 6.90. The minimum absolute atomic E-state index is 0.248. The average molecular weight is 312 g/mol. The average Bonchev–Trinajstić information content (AvgIpc) is 3.25. The highest BCUT2D eigenvalue weighted by atomic mass is 16.5. The van der Waals surface area contributed by atoms with Gasteiger partial charge in [0, 0.05) is 37.8 Å². The molecule has 2 fully saturated rings. The summed E-state index contributed by atoms with van der Waals surface area (Å²) >= 11 is 0. The van der Waals surface area contributed by atoms with Crippen LogP contribution in [0.4, 0.5) is 5.69 Å². The fourth-order valence-corrected chi connectivity index (χ4v) is 4.28. The third-order valence-corrected chi connectivity index (χ3v) is 5.63. The molecule has 1 heterocycles. The Bertz CT molecular complexity index is 602. The molecular formula is C19H24N2O2. The number of carbonyl (C=O) groups excluding carboxylic acids is 1. The molecule has 0 radical (unpaired) electrons. The van der Waals surface area contributed by atoms with Gasteiger partial charge in [-0.2, -0.15) is 0 Å². The Morgan fingerprint density at radius 1 is 1.04 bits per heavy atom. The molecule has 2 bridgehead atoms. The molecule has 4 rings (SSSR count). The Morgan fingerprint density at radius 3 is 2.35 bits per heavy atom. The van der Waals surface area contributed by atoms with Gasteiger partial charge in [0.1, 0.15) is 5.75 Å². The van der Waals surface area contributed by atoms with Crippen LogP contribution in [0.3, 0.4) is 0 Å². The van der Waals surface area contributed by atoms with Gasteiger partial charge in [0.15, 0.2) is 0 Å². The van der Waals surface area contributed by atoms with Gasteiger partial charge in [-0.3, -0.25) is 4.79 Å². The number of methoxy groups -OCH3 is 1. The summed E-state index contributed by atoms with van der Waals surface area (Å²) in [4.78, 5) is 17.2. The van der Waals surface area contributed by atoms with Crippen LogP contribution in [0.25, 0.3) is 0 Å². The summed E-state index contributed by atoms with van der Waals surface area (Å²) in [6, 6.07) is 8.18. The molecule has 0 spiro atoms. The molecule has 1 saturated carbocycles. The van der Waals surface area contributed by atoms with Crippen molar-refractivity contribution in [2.45, 2.75) is 12.8 Å². The zero-order chi connectivity index (χ0) is 15.8. The number of anilines is 1. The predicted molar refractivity (Wildman–Crippen MR) is 90.6 cm³/mol. The van der Waals surface area contributed by atoms with Crippen LogP contribution in [0.2, 0.25) is 0 Å². The standard InChI is InChI=1S/C19H24N2O2/c1-23-17-6-4-16(5-7-17)20-8-10-21(11-9-20)19(22)18-13-14-2-3-15(18)12-14/h2-7,14-15,18H,8-13H2,1H3/t14-,15+,18-/m1/s1. The number of benzene rings is 1. The quantitative estimate of drug-likeness (QED) is 0.804. The molecule has 4 nitrogen and oxygen atoms in total. The molecule has 1 amide bonds. The van der Waals surface area contributed by atoms with Crippen LogP contribution in [-0.4, -0.2) is 44.1 Å². The molecule has 4 heteroatoms. The van der Waals surface area contributed by atoms with Gasteiger partial charge < -0.3 is 14.5 Å². The minimum atomic E-state index is 0.248. The molecule has 1 aromatic carbocycles. The fourth-order valence-electron chi connectivity index (χ4n) is 4.28. The number of hydrogen-bond acceptors (Lipinski definition) is 3. The first-order chi connectivity index (χ1) is 11.2. The van der Waals surface area contributed by atoms with E-state index in [1.54, 1.807) is 7.11 Å². The summed E-state index contributed by atoms with van der Waals surface area (Å²) in [5.41, 5.74) is 1.21. The van der Waals surface area contributed by atoms with Crippen LogP contribution in [0.15, 0.2) is 36.4 Å². The first-order valence-electron chi connectivity index (χ1n) is 8.60. The van der Waals surface area contributed by atoms with E-state index in [0.29, 0.717) is 17.7 Å². The van der Waals surface area contributed by atoms with Gasteiger partial charge in [-0.25, -0.2) is 0 Å². The Labute approximate surface area is 137 Å². The van der Waals surface area contributed by atoms with Gasteiger partial charge in [0.25, 0.3) is 0 Å². The molecule has 0 aromatic heterocycles. The van der Waals surface area contributed by atoms with Crippen LogP contribution in [0, 0.1) is 17.8 Å².